The summed E-state index contributed by atoms with van der Waals surface area (Å²) in [5.74, 6) is -0.143. The van der Waals surface area contributed by atoms with Crippen molar-refractivity contribution in [1.82, 2.24) is 10.2 Å². The van der Waals surface area contributed by atoms with Gasteiger partial charge in [0.05, 0.1) is 13.0 Å². The van der Waals surface area contributed by atoms with E-state index in [9.17, 15) is 4.79 Å². The molecule has 13 heavy (non-hydrogen) atoms. The van der Waals surface area contributed by atoms with Crippen molar-refractivity contribution in [3.8, 4) is 0 Å². The van der Waals surface area contributed by atoms with E-state index in [1.54, 1.807) is 0 Å². The Morgan fingerprint density at radius 3 is 3.00 bits per heavy atom. The van der Waals surface area contributed by atoms with Gasteiger partial charge in [0, 0.05) is 19.8 Å². The summed E-state index contributed by atoms with van der Waals surface area (Å²) in [6, 6.07) is 0. The summed E-state index contributed by atoms with van der Waals surface area (Å²) < 4.78 is 4.67. The Balaban J connectivity index is 2.25. The van der Waals surface area contributed by atoms with Gasteiger partial charge in [-0.3, -0.25) is 9.69 Å². The Morgan fingerprint density at radius 2 is 2.46 bits per heavy atom. The Labute approximate surface area is 79.2 Å². The van der Waals surface area contributed by atoms with Gasteiger partial charge in [0.1, 0.15) is 0 Å². The number of carbonyl (C=O) groups excluding carboxylic acids is 1. The molecule has 0 radical (unpaired) electrons. The zero-order valence-corrected chi connectivity index (χ0v) is 8.38. The second-order valence-electron chi connectivity index (χ2n) is 3.51. The number of nitrogens with one attached hydrogen (secondary N) is 1. The number of hydrogen-bond donors (Lipinski definition) is 1. The van der Waals surface area contributed by atoms with E-state index in [-0.39, 0.29) is 11.9 Å². The van der Waals surface area contributed by atoms with E-state index in [0.717, 1.165) is 32.7 Å². The van der Waals surface area contributed by atoms with Crippen LogP contribution in [0.2, 0.25) is 0 Å². The van der Waals surface area contributed by atoms with Gasteiger partial charge in [-0.2, -0.15) is 0 Å². The van der Waals surface area contributed by atoms with Crippen LogP contribution < -0.4 is 5.32 Å². The average molecular weight is 186 g/mol. The van der Waals surface area contributed by atoms with E-state index in [0.29, 0.717) is 0 Å². The highest BCUT2D eigenvalue weighted by atomic mass is 16.5. The first kappa shape index (κ1) is 10.5. The first-order chi connectivity index (χ1) is 6.24. The molecular weight excluding hydrogens is 168 g/mol. The fraction of sp³-hybridized carbons (Fsp3) is 0.889. The van der Waals surface area contributed by atoms with Crippen LogP contribution in [-0.2, 0) is 9.53 Å². The van der Waals surface area contributed by atoms with E-state index in [1.807, 2.05) is 6.92 Å². The van der Waals surface area contributed by atoms with Gasteiger partial charge in [0.2, 0.25) is 0 Å². The molecule has 4 heteroatoms. The third-order valence-electron chi connectivity index (χ3n) is 2.30. The van der Waals surface area contributed by atoms with Gasteiger partial charge in [0.25, 0.3) is 0 Å². The summed E-state index contributed by atoms with van der Waals surface area (Å²) in [7, 11) is 1.44. The smallest absolute Gasteiger partial charge is 0.309 e. The number of hydrogen-bond acceptors (Lipinski definition) is 4. The lowest BCUT2D eigenvalue weighted by Gasteiger charge is -2.28. The first-order valence-corrected chi connectivity index (χ1v) is 4.75. The van der Waals surface area contributed by atoms with Gasteiger partial charge in [-0.15, -0.1) is 0 Å². The minimum absolute atomic E-state index is 0.0232. The summed E-state index contributed by atoms with van der Waals surface area (Å²) in [6.07, 6.45) is 1.16. The van der Waals surface area contributed by atoms with Crippen molar-refractivity contribution in [3.63, 3.8) is 0 Å². The quantitative estimate of drug-likeness (QED) is 0.632. The molecule has 4 nitrogen and oxygen atoms in total. The summed E-state index contributed by atoms with van der Waals surface area (Å²) in [5.41, 5.74) is 0. The minimum atomic E-state index is -0.120. The molecule has 0 bridgehead atoms. The van der Waals surface area contributed by atoms with Crippen molar-refractivity contribution in [1.29, 1.82) is 0 Å². The van der Waals surface area contributed by atoms with Gasteiger partial charge in [-0.25, -0.2) is 0 Å². The molecule has 1 saturated heterocycles. The monoisotopic (exact) mass is 186 g/mol. The van der Waals surface area contributed by atoms with E-state index in [4.69, 9.17) is 0 Å². The molecule has 0 spiro atoms. The third kappa shape index (κ3) is 3.32. The number of nitrogens with zero attached hydrogens (tertiary/aromatic N) is 1. The van der Waals surface area contributed by atoms with Crippen LogP contribution in [-0.4, -0.2) is 44.3 Å². The zero-order valence-electron chi connectivity index (χ0n) is 8.38. The highest BCUT2D eigenvalue weighted by Gasteiger charge is 2.18. The SMILES string of the molecule is COC(=O)C(C)CN1CCCNC1. The van der Waals surface area contributed by atoms with Crippen LogP contribution in [0.5, 0.6) is 0 Å². The summed E-state index contributed by atoms with van der Waals surface area (Å²) in [5, 5.41) is 3.27. The summed E-state index contributed by atoms with van der Waals surface area (Å²) in [6.45, 7) is 5.75. The maximum Gasteiger partial charge on any atom is 0.309 e. The van der Waals surface area contributed by atoms with Crippen molar-refractivity contribution in [2.75, 3.05) is 33.4 Å². The van der Waals surface area contributed by atoms with Crippen LogP contribution in [0.25, 0.3) is 0 Å². The number of ether oxygens (including phenoxy) is 1. The fourth-order valence-electron chi connectivity index (χ4n) is 1.56. The van der Waals surface area contributed by atoms with Gasteiger partial charge in [-0.05, 0) is 13.0 Å². The molecule has 1 atom stereocenters. The summed E-state index contributed by atoms with van der Waals surface area (Å²) >= 11 is 0. The van der Waals surface area contributed by atoms with Gasteiger partial charge in [0.15, 0.2) is 0 Å². The number of carbonyl (C=O) groups is 1. The van der Waals surface area contributed by atoms with E-state index in [1.165, 1.54) is 7.11 Å². The molecule has 1 N–H and O–H groups in total. The summed E-state index contributed by atoms with van der Waals surface area (Å²) in [4.78, 5) is 13.4. The Morgan fingerprint density at radius 1 is 1.69 bits per heavy atom. The highest BCUT2D eigenvalue weighted by molar-refractivity contribution is 5.72. The van der Waals surface area contributed by atoms with Crippen LogP contribution in [0.3, 0.4) is 0 Å². The van der Waals surface area contributed by atoms with Crippen molar-refractivity contribution in [2.24, 2.45) is 5.92 Å². The van der Waals surface area contributed by atoms with Crippen LogP contribution >= 0.6 is 0 Å². The molecule has 1 aliphatic heterocycles. The molecule has 0 amide bonds. The average Bonchev–Trinajstić information content (AvgIpc) is 2.18. The third-order valence-corrected chi connectivity index (χ3v) is 2.30. The standard InChI is InChI=1S/C9H18N2O2/c1-8(9(12)13-2)6-11-5-3-4-10-7-11/h8,10H,3-7H2,1-2H3. The van der Waals surface area contributed by atoms with E-state index in [2.05, 4.69) is 15.0 Å². The normalized spacial score (nSPS) is 21.1. The maximum atomic E-state index is 11.1. The molecule has 0 aliphatic carbocycles. The lowest BCUT2D eigenvalue weighted by Crippen LogP contribution is -2.44. The van der Waals surface area contributed by atoms with Crippen molar-refractivity contribution in [2.45, 2.75) is 13.3 Å². The fourth-order valence-corrected chi connectivity index (χ4v) is 1.56. The zero-order chi connectivity index (χ0) is 9.68. The van der Waals surface area contributed by atoms with Crippen LogP contribution in [0.1, 0.15) is 13.3 Å². The van der Waals surface area contributed by atoms with E-state index >= 15 is 0 Å². The molecule has 0 aromatic carbocycles. The maximum absolute atomic E-state index is 11.1. The minimum Gasteiger partial charge on any atom is -0.469 e. The Kier molecular flexibility index (Phi) is 4.18. The van der Waals surface area contributed by atoms with Crippen molar-refractivity contribution >= 4 is 5.97 Å². The molecule has 0 saturated carbocycles. The molecule has 1 unspecified atom stereocenters. The Hall–Kier alpha value is -0.610. The topological polar surface area (TPSA) is 41.6 Å². The highest BCUT2D eigenvalue weighted by Crippen LogP contribution is 2.04. The van der Waals surface area contributed by atoms with Crippen molar-refractivity contribution in [3.05, 3.63) is 0 Å². The number of esters is 1. The molecule has 0 aromatic heterocycles. The number of methoxy groups -OCH3 is 1. The second kappa shape index (κ2) is 5.19. The largest absolute Gasteiger partial charge is 0.469 e. The molecule has 0 aromatic rings. The van der Waals surface area contributed by atoms with Crippen LogP contribution in [0, 0.1) is 5.92 Å². The first-order valence-electron chi connectivity index (χ1n) is 4.75. The molecular formula is C9H18N2O2. The predicted molar refractivity (Wildman–Crippen MR) is 50.2 cm³/mol. The van der Waals surface area contributed by atoms with Gasteiger partial charge >= 0.3 is 5.97 Å². The lowest BCUT2D eigenvalue weighted by molar-refractivity contribution is -0.145. The molecule has 1 fully saturated rings. The molecule has 1 heterocycles. The number of rotatable bonds is 3. The lowest BCUT2D eigenvalue weighted by atomic mass is 10.1. The van der Waals surface area contributed by atoms with Crippen molar-refractivity contribution < 1.29 is 9.53 Å². The molecule has 76 valence electrons. The van der Waals surface area contributed by atoms with E-state index < -0.39 is 0 Å². The molecule has 1 aliphatic rings. The second-order valence-corrected chi connectivity index (χ2v) is 3.51. The Bertz CT molecular complexity index is 167. The van der Waals surface area contributed by atoms with Gasteiger partial charge in [-0.1, -0.05) is 6.92 Å². The predicted octanol–water partition coefficient (Wildman–Crippen LogP) is 0.0483. The van der Waals surface area contributed by atoms with Gasteiger partial charge < -0.3 is 10.1 Å². The van der Waals surface area contributed by atoms with Crippen LogP contribution in [0.15, 0.2) is 0 Å². The molecule has 1 rings (SSSR count). The van der Waals surface area contributed by atoms with Crippen LogP contribution in [0.4, 0.5) is 0 Å².